The first-order valence-corrected chi connectivity index (χ1v) is 10.3. The Morgan fingerprint density at radius 3 is 2.48 bits per heavy atom. The van der Waals surface area contributed by atoms with E-state index >= 15 is 0 Å². The van der Waals surface area contributed by atoms with Crippen molar-refractivity contribution in [2.45, 2.75) is 12.8 Å². The number of hydrogen-bond acceptors (Lipinski definition) is 5. The highest BCUT2D eigenvalue weighted by Gasteiger charge is 2.21. The van der Waals surface area contributed by atoms with Crippen LogP contribution in [0.4, 0.5) is 4.39 Å². The summed E-state index contributed by atoms with van der Waals surface area (Å²) in [7, 11) is 0. The van der Waals surface area contributed by atoms with E-state index in [0.29, 0.717) is 30.6 Å². The van der Waals surface area contributed by atoms with E-state index < -0.39 is 5.82 Å². The number of nitrogens with one attached hydrogen (secondary N) is 2. The molecule has 0 atom stereocenters. The van der Waals surface area contributed by atoms with Crippen LogP contribution < -0.4 is 16.8 Å². The molecule has 6 nitrogen and oxygen atoms in total. The summed E-state index contributed by atoms with van der Waals surface area (Å²) in [4.78, 5) is 13.6. The molecule has 1 fully saturated rings. The average Bonchev–Trinajstić information content (AvgIpc) is 3.18. The van der Waals surface area contributed by atoms with Crippen molar-refractivity contribution in [1.82, 2.24) is 10.2 Å². The van der Waals surface area contributed by atoms with Gasteiger partial charge in [-0.05, 0) is 24.1 Å². The SMILES string of the molecule is N=C(C(=C(/N)NCCN1CCCC1=O)/C(Cl)=C(\N)c1ccccc1)c1cccc(F)c1. The number of carbonyl (C=O) groups excluding carboxylic acids is 1. The van der Waals surface area contributed by atoms with E-state index in [1.807, 2.05) is 18.2 Å². The maximum absolute atomic E-state index is 13.8. The maximum Gasteiger partial charge on any atom is 0.222 e. The molecule has 162 valence electrons. The van der Waals surface area contributed by atoms with Crippen molar-refractivity contribution < 1.29 is 9.18 Å². The number of nitrogens with two attached hydrogens (primary N) is 2. The van der Waals surface area contributed by atoms with Crippen LogP contribution in [-0.4, -0.2) is 36.2 Å². The lowest BCUT2D eigenvalue weighted by atomic mass is 9.99. The Bertz CT molecular complexity index is 1040. The molecule has 1 saturated heterocycles. The minimum absolute atomic E-state index is 0.0642. The predicted molar refractivity (Wildman–Crippen MR) is 122 cm³/mol. The summed E-state index contributed by atoms with van der Waals surface area (Å²) in [5, 5.41) is 11.8. The summed E-state index contributed by atoms with van der Waals surface area (Å²) in [5.74, 6) is -0.232. The van der Waals surface area contributed by atoms with Crippen LogP contribution in [0.5, 0.6) is 0 Å². The minimum atomic E-state index is -0.475. The number of amides is 1. The summed E-state index contributed by atoms with van der Waals surface area (Å²) < 4.78 is 13.8. The molecule has 0 aromatic heterocycles. The zero-order valence-electron chi connectivity index (χ0n) is 17.0. The lowest BCUT2D eigenvalue weighted by Gasteiger charge is -2.19. The van der Waals surface area contributed by atoms with Crippen LogP contribution in [0.1, 0.15) is 24.0 Å². The molecule has 1 aliphatic rings. The highest BCUT2D eigenvalue weighted by molar-refractivity contribution is 6.39. The number of likely N-dealkylation sites (tertiary alicyclic amines) is 1. The molecule has 6 N–H and O–H groups in total. The van der Waals surface area contributed by atoms with E-state index in [0.717, 1.165) is 13.0 Å². The van der Waals surface area contributed by atoms with Crippen LogP contribution in [0.3, 0.4) is 0 Å². The molecule has 0 saturated carbocycles. The van der Waals surface area contributed by atoms with Crippen LogP contribution >= 0.6 is 11.6 Å². The summed E-state index contributed by atoms with van der Waals surface area (Å²) in [6, 6.07) is 14.7. The zero-order valence-corrected chi connectivity index (χ0v) is 17.8. The highest BCUT2D eigenvalue weighted by atomic mass is 35.5. The molecule has 1 aliphatic heterocycles. The van der Waals surface area contributed by atoms with Gasteiger partial charge >= 0.3 is 0 Å². The average molecular weight is 442 g/mol. The number of nitrogens with zero attached hydrogens (tertiary/aromatic N) is 1. The number of halogens is 2. The van der Waals surface area contributed by atoms with Gasteiger partial charge < -0.3 is 21.7 Å². The van der Waals surface area contributed by atoms with Crippen molar-refractivity contribution in [3.8, 4) is 0 Å². The number of hydrogen-bond donors (Lipinski definition) is 4. The number of benzene rings is 2. The Labute approximate surface area is 185 Å². The summed E-state index contributed by atoms with van der Waals surface area (Å²) in [6.45, 7) is 1.58. The summed E-state index contributed by atoms with van der Waals surface area (Å²) in [6.07, 6.45) is 1.41. The van der Waals surface area contributed by atoms with Crippen molar-refractivity contribution >= 4 is 28.9 Å². The van der Waals surface area contributed by atoms with E-state index in [1.54, 1.807) is 23.1 Å². The zero-order chi connectivity index (χ0) is 22.4. The van der Waals surface area contributed by atoms with Gasteiger partial charge in [0.15, 0.2) is 0 Å². The number of rotatable bonds is 8. The van der Waals surface area contributed by atoms with Gasteiger partial charge in [0.25, 0.3) is 0 Å². The fourth-order valence-electron chi connectivity index (χ4n) is 3.38. The molecule has 3 rings (SSSR count). The topological polar surface area (TPSA) is 108 Å². The summed E-state index contributed by atoms with van der Waals surface area (Å²) in [5.41, 5.74) is 13.9. The van der Waals surface area contributed by atoms with Gasteiger partial charge in [-0.3, -0.25) is 10.2 Å². The molecular weight excluding hydrogens is 417 g/mol. The molecule has 0 radical (unpaired) electrons. The van der Waals surface area contributed by atoms with E-state index in [9.17, 15) is 9.18 Å². The third-order valence-electron chi connectivity index (χ3n) is 5.04. The predicted octanol–water partition coefficient (Wildman–Crippen LogP) is 3.14. The largest absolute Gasteiger partial charge is 0.397 e. The molecule has 0 aliphatic carbocycles. The molecule has 0 spiro atoms. The fraction of sp³-hybridized carbons (Fsp3) is 0.217. The first-order valence-electron chi connectivity index (χ1n) is 9.95. The van der Waals surface area contributed by atoms with Gasteiger partial charge in [0.1, 0.15) is 11.6 Å². The van der Waals surface area contributed by atoms with Gasteiger partial charge in [0, 0.05) is 31.6 Å². The molecule has 0 unspecified atom stereocenters. The highest BCUT2D eigenvalue weighted by Crippen LogP contribution is 2.27. The maximum atomic E-state index is 13.8. The number of carbonyl (C=O) groups is 1. The Balaban J connectivity index is 1.93. The Hall–Kier alpha value is -3.32. The smallest absolute Gasteiger partial charge is 0.222 e. The second kappa shape index (κ2) is 10.1. The van der Waals surface area contributed by atoms with Gasteiger partial charge in [0.2, 0.25) is 5.91 Å². The van der Waals surface area contributed by atoms with E-state index in [2.05, 4.69) is 5.32 Å². The van der Waals surface area contributed by atoms with Crippen LogP contribution in [0, 0.1) is 11.2 Å². The van der Waals surface area contributed by atoms with Crippen molar-refractivity contribution in [2.24, 2.45) is 11.5 Å². The first-order chi connectivity index (χ1) is 14.9. The third-order valence-corrected chi connectivity index (χ3v) is 5.43. The first kappa shape index (κ1) is 22.4. The van der Waals surface area contributed by atoms with Crippen molar-refractivity contribution in [1.29, 1.82) is 5.41 Å². The standard InChI is InChI=1S/C23H25ClFN5O/c24-20(22(27)15-6-2-1-3-7-15)19(21(26)16-8-4-9-17(25)14-16)23(28)29-11-13-30-12-5-10-18(30)31/h1-4,6-9,14,26,29H,5,10-13,27-28H2/b22-20+,23-19-,26-21?. The number of allylic oxidation sites excluding steroid dienone is 2. The van der Waals surface area contributed by atoms with E-state index in [4.69, 9.17) is 28.5 Å². The molecule has 1 amide bonds. The Morgan fingerprint density at radius 1 is 1.13 bits per heavy atom. The van der Waals surface area contributed by atoms with Crippen LogP contribution in [0.2, 0.25) is 0 Å². The lowest BCUT2D eigenvalue weighted by Crippen LogP contribution is -2.35. The van der Waals surface area contributed by atoms with E-state index in [-0.39, 0.29) is 33.7 Å². The van der Waals surface area contributed by atoms with Gasteiger partial charge in [-0.25, -0.2) is 4.39 Å². The molecule has 31 heavy (non-hydrogen) atoms. The monoisotopic (exact) mass is 441 g/mol. The molecule has 2 aromatic rings. The Morgan fingerprint density at radius 2 is 1.84 bits per heavy atom. The normalized spacial score (nSPS) is 15.4. The molecule has 1 heterocycles. The van der Waals surface area contributed by atoms with Crippen LogP contribution in [0.15, 0.2) is 71.0 Å². The lowest BCUT2D eigenvalue weighted by molar-refractivity contribution is -0.127. The van der Waals surface area contributed by atoms with Gasteiger partial charge in [0.05, 0.1) is 22.0 Å². The van der Waals surface area contributed by atoms with Crippen molar-refractivity contribution in [3.05, 3.63) is 88.0 Å². The van der Waals surface area contributed by atoms with Gasteiger partial charge in [-0.15, -0.1) is 0 Å². The molecule has 0 bridgehead atoms. The molecule has 8 heteroatoms. The fourth-order valence-corrected chi connectivity index (χ4v) is 3.69. The van der Waals surface area contributed by atoms with Crippen LogP contribution in [0.25, 0.3) is 5.70 Å². The third kappa shape index (κ3) is 5.44. The van der Waals surface area contributed by atoms with Crippen molar-refractivity contribution in [3.63, 3.8) is 0 Å². The van der Waals surface area contributed by atoms with Gasteiger partial charge in [-0.1, -0.05) is 54.1 Å². The Kier molecular flexibility index (Phi) is 7.31. The van der Waals surface area contributed by atoms with Gasteiger partial charge in [-0.2, -0.15) is 0 Å². The molecule has 2 aromatic carbocycles. The quantitative estimate of drug-likeness (QED) is 0.372. The van der Waals surface area contributed by atoms with Crippen molar-refractivity contribution in [2.75, 3.05) is 19.6 Å². The van der Waals surface area contributed by atoms with E-state index in [1.165, 1.54) is 18.2 Å². The minimum Gasteiger partial charge on any atom is -0.397 e. The van der Waals surface area contributed by atoms with Crippen LogP contribution in [-0.2, 0) is 4.79 Å². The summed E-state index contributed by atoms with van der Waals surface area (Å²) >= 11 is 6.62. The second-order valence-electron chi connectivity index (χ2n) is 7.18. The second-order valence-corrected chi connectivity index (χ2v) is 7.56. The molecular formula is C23H25ClFN5O.